The quantitative estimate of drug-likeness (QED) is 0.244. The van der Waals surface area contributed by atoms with Crippen LogP contribution in [-0.2, 0) is 0 Å². The first-order chi connectivity index (χ1) is 18.8. The molecule has 198 valence electrons. The fourth-order valence-corrected chi connectivity index (χ4v) is 8.03. The summed E-state index contributed by atoms with van der Waals surface area (Å²) in [5, 5.41) is 0. The van der Waals surface area contributed by atoms with Gasteiger partial charge in [-0.15, -0.1) is 16.4 Å². The molecule has 2 heteroatoms. The van der Waals surface area contributed by atoms with Crippen LogP contribution in [0.5, 0.6) is 0 Å². The van der Waals surface area contributed by atoms with E-state index in [-0.39, 0.29) is 0 Å². The molecule has 0 spiro atoms. The van der Waals surface area contributed by atoms with Gasteiger partial charge in [0.05, 0.1) is 5.69 Å². The molecule has 0 saturated heterocycles. The number of aryl methyl sites for hydroxylation is 3. The second-order valence-electron chi connectivity index (χ2n) is 12.7. The largest absolute Gasteiger partial charge is 0.474 e. The van der Waals surface area contributed by atoms with E-state index in [4.69, 9.17) is 0 Å². The molecule has 1 heterocycles. The van der Waals surface area contributed by atoms with Gasteiger partial charge in [-0.1, -0.05) is 132 Å². The zero-order valence-corrected chi connectivity index (χ0v) is 24.4. The Balaban J connectivity index is 1.83. The van der Waals surface area contributed by atoms with Crippen LogP contribution >= 0.6 is 0 Å². The van der Waals surface area contributed by atoms with Crippen LogP contribution in [0.15, 0.2) is 97.1 Å². The molecule has 0 radical (unpaired) electrons. The Hall–Kier alpha value is -3.36. The molecule has 1 aliphatic heterocycles. The van der Waals surface area contributed by atoms with Crippen molar-refractivity contribution in [2.24, 2.45) is 5.92 Å². The summed E-state index contributed by atoms with van der Waals surface area (Å²) in [5.74, 6) is 0.577. The van der Waals surface area contributed by atoms with E-state index in [1.807, 2.05) is 0 Å². The molecule has 1 nitrogen and oxygen atoms in total. The molecule has 0 atom stereocenters. The average molecular weight is 512 g/mol. The molecule has 0 aromatic heterocycles. The number of nitrogens with zero attached hydrogens (tertiary/aromatic N) is 1. The highest BCUT2D eigenvalue weighted by atomic mass is 15.3. The van der Waals surface area contributed by atoms with Gasteiger partial charge in [-0.2, -0.15) is 0 Å². The standard InChI is InChI=1S/C37H42BN/c1-27-15-21-31(22-16-27)37-36(30-11-7-6-8-12-30)34-13-9-10-14-35(34)39(4,5)38(37,32-23-17-28(2)18-24-32)33-25-19-29(3)20-26-33/h9-10,13-26,30H,6-8,11-12H2,1-5H3. The van der Waals surface area contributed by atoms with Crippen molar-refractivity contribution < 1.29 is 0 Å². The Labute approximate surface area is 235 Å². The van der Waals surface area contributed by atoms with Gasteiger partial charge in [0.15, 0.2) is 0 Å². The Kier molecular flexibility index (Phi) is 6.64. The summed E-state index contributed by atoms with van der Waals surface area (Å²) in [5.41, 5.74) is 14.2. The Bertz CT molecular complexity index is 1460. The topological polar surface area (TPSA) is 0 Å². The molecule has 1 fully saturated rings. The summed E-state index contributed by atoms with van der Waals surface area (Å²) in [7, 11) is 4.93. The molecule has 0 N–H and O–H groups in total. The number of allylic oxidation sites excluding steroid dienone is 1. The van der Waals surface area contributed by atoms with Gasteiger partial charge in [-0.3, -0.25) is 0 Å². The number of quaternary nitrogens is 1. The van der Waals surface area contributed by atoms with E-state index in [0.29, 0.717) is 5.92 Å². The summed E-state index contributed by atoms with van der Waals surface area (Å²) >= 11 is 0. The number of para-hydroxylation sites is 1. The first-order valence-corrected chi connectivity index (χ1v) is 14.9. The fraction of sp³-hybridized carbons (Fsp3) is 0.297. The van der Waals surface area contributed by atoms with Gasteiger partial charge in [-0.05, 0) is 51.7 Å². The minimum Gasteiger partial charge on any atom is -0.474 e. The van der Waals surface area contributed by atoms with Gasteiger partial charge >= 0.3 is 0 Å². The van der Waals surface area contributed by atoms with Crippen molar-refractivity contribution >= 4 is 33.9 Å². The number of rotatable bonds is 4. The maximum Gasteiger partial charge on any atom is 0.296 e. The molecule has 2 aliphatic rings. The van der Waals surface area contributed by atoms with Gasteiger partial charge < -0.3 is 4.39 Å². The van der Waals surface area contributed by atoms with Crippen molar-refractivity contribution in [2.75, 3.05) is 14.1 Å². The number of hydrogen-bond donors (Lipinski definition) is 0. The van der Waals surface area contributed by atoms with Crippen molar-refractivity contribution in [3.8, 4) is 0 Å². The first kappa shape index (κ1) is 25.9. The minimum absolute atomic E-state index is 0.577. The van der Waals surface area contributed by atoms with Gasteiger partial charge in [-0.25, -0.2) is 0 Å². The lowest BCUT2D eigenvalue weighted by Gasteiger charge is -2.61. The Morgan fingerprint density at radius 2 is 1.08 bits per heavy atom. The Morgan fingerprint density at radius 3 is 1.62 bits per heavy atom. The van der Waals surface area contributed by atoms with E-state index in [1.165, 1.54) is 76.5 Å². The van der Waals surface area contributed by atoms with Crippen molar-refractivity contribution in [3.05, 3.63) is 125 Å². The van der Waals surface area contributed by atoms with Crippen LogP contribution < -0.4 is 15.3 Å². The van der Waals surface area contributed by atoms with Crippen LogP contribution in [0.25, 0.3) is 11.0 Å². The molecule has 6 rings (SSSR count). The third kappa shape index (κ3) is 4.12. The van der Waals surface area contributed by atoms with Gasteiger partial charge in [0.1, 0.15) is 0 Å². The second kappa shape index (κ2) is 9.99. The summed E-state index contributed by atoms with van der Waals surface area (Å²) in [4.78, 5) is 0. The van der Waals surface area contributed by atoms with Gasteiger partial charge in [0.2, 0.25) is 0 Å². The van der Waals surface area contributed by atoms with Gasteiger partial charge in [0, 0.05) is 19.7 Å². The zero-order chi connectivity index (χ0) is 27.2. The SMILES string of the molecule is Cc1ccc(C2=C(C3CCCCC3)c3ccccc3[N+](C)(C)[B-]2(c2ccc(C)cc2)c2ccc(C)cc2)cc1. The zero-order valence-electron chi connectivity index (χ0n) is 24.4. The highest BCUT2D eigenvalue weighted by molar-refractivity contribution is 7.16. The van der Waals surface area contributed by atoms with Crippen molar-refractivity contribution in [3.63, 3.8) is 0 Å². The molecular weight excluding hydrogens is 469 g/mol. The number of hydrogen-bond acceptors (Lipinski definition) is 0. The molecule has 4 aromatic carbocycles. The molecule has 1 aliphatic carbocycles. The van der Waals surface area contributed by atoms with Crippen LogP contribution in [0.3, 0.4) is 0 Å². The lowest BCUT2D eigenvalue weighted by atomic mass is 9.19. The third-order valence-electron chi connectivity index (χ3n) is 9.99. The van der Waals surface area contributed by atoms with Crippen molar-refractivity contribution in [1.82, 2.24) is 4.39 Å². The van der Waals surface area contributed by atoms with Crippen LogP contribution in [-0.4, -0.2) is 20.4 Å². The number of fused-ring (bicyclic) bond motifs is 1. The lowest BCUT2D eigenvalue weighted by Crippen LogP contribution is -2.80. The van der Waals surface area contributed by atoms with E-state index in [0.717, 1.165) is 4.39 Å². The lowest BCUT2D eigenvalue weighted by molar-refractivity contribution is 0.429. The molecule has 39 heavy (non-hydrogen) atoms. The van der Waals surface area contributed by atoms with Crippen molar-refractivity contribution in [1.29, 1.82) is 0 Å². The maximum absolute atomic E-state index is 2.46. The first-order valence-electron chi connectivity index (χ1n) is 14.9. The van der Waals surface area contributed by atoms with Gasteiger partial charge in [0.25, 0.3) is 6.28 Å². The molecule has 0 amide bonds. The van der Waals surface area contributed by atoms with Crippen LogP contribution in [0, 0.1) is 26.7 Å². The van der Waals surface area contributed by atoms with E-state index >= 15 is 0 Å². The summed E-state index contributed by atoms with van der Waals surface area (Å²) in [6, 6.07) is 37.7. The number of benzene rings is 4. The van der Waals surface area contributed by atoms with E-state index in [2.05, 4.69) is 132 Å². The van der Waals surface area contributed by atoms with E-state index in [1.54, 1.807) is 11.0 Å². The molecule has 0 bridgehead atoms. The molecule has 1 saturated carbocycles. The second-order valence-corrected chi connectivity index (χ2v) is 12.7. The fourth-order valence-electron chi connectivity index (χ4n) is 8.03. The molecule has 0 unspecified atom stereocenters. The summed E-state index contributed by atoms with van der Waals surface area (Å²) in [6.45, 7) is 6.61. The van der Waals surface area contributed by atoms with Crippen LogP contribution in [0.4, 0.5) is 5.69 Å². The van der Waals surface area contributed by atoms with Crippen molar-refractivity contribution in [2.45, 2.75) is 52.9 Å². The van der Waals surface area contributed by atoms with Crippen LogP contribution in [0.1, 0.15) is 59.9 Å². The van der Waals surface area contributed by atoms with E-state index < -0.39 is 6.28 Å². The highest BCUT2D eigenvalue weighted by Crippen LogP contribution is 2.52. The maximum atomic E-state index is 2.46. The average Bonchev–Trinajstić information content (AvgIpc) is 2.95. The monoisotopic (exact) mass is 511 g/mol. The third-order valence-corrected chi connectivity index (χ3v) is 9.99. The summed E-state index contributed by atoms with van der Waals surface area (Å²) < 4.78 is 0.793. The highest BCUT2D eigenvalue weighted by Gasteiger charge is 2.54. The smallest absolute Gasteiger partial charge is 0.296 e. The Morgan fingerprint density at radius 1 is 0.590 bits per heavy atom. The molecule has 4 aromatic rings. The predicted molar refractivity (Wildman–Crippen MR) is 172 cm³/mol. The minimum atomic E-state index is -1.43. The van der Waals surface area contributed by atoms with Crippen LogP contribution in [0.2, 0.25) is 0 Å². The molecular formula is C37H42BN. The summed E-state index contributed by atoms with van der Waals surface area (Å²) in [6.07, 6.45) is 5.14. The normalized spacial score (nSPS) is 18.6. The van der Waals surface area contributed by atoms with E-state index in [9.17, 15) is 0 Å². The predicted octanol–water partition coefficient (Wildman–Crippen LogP) is 7.98.